The van der Waals surface area contributed by atoms with E-state index < -0.39 is 79.6 Å². The predicted octanol–water partition coefficient (Wildman–Crippen LogP) is 5.48. The number of benzene rings is 2. The summed E-state index contributed by atoms with van der Waals surface area (Å²) in [4.78, 5) is 45.2. The molecule has 0 aromatic heterocycles. The number of rotatable bonds is 11. The monoisotopic (exact) mass is 634 g/mol. The highest BCUT2D eigenvalue weighted by atomic mass is 32.2. The van der Waals surface area contributed by atoms with Crippen LogP contribution in [0.4, 0.5) is 36.4 Å². The lowest BCUT2D eigenvalue weighted by Gasteiger charge is -2.28. The normalized spacial score (nSPS) is 17.0. The van der Waals surface area contributed by atoms with Gasteiger partial charge in [0, 0.05) is 35.8 Å². The Labute approximate surface area is 247 Å². The molecule has 0 fully saturated rings. The van der Waals surface area contributed by atoms with Crippen LogP contribution >= 0.6 is 11.8 Å². The molecule has 3 amide bonds. The summed E-state index contributed by atoms with van der Waals surface area (Å²) in [5.41, 5.74) is 6.99. The summed E-state index contributed by atoms with van der Waals surface area (Å²) in [6.45, 7) is 1.72. The maximum atomic E-state index is 14.2. The second-order valence-corrected chi connectivity index (χ2v) is 10.8. The smallest absolute Gasteiger partial charge is 0.369 e. The van der Waals surface area contributed by atoms with Gasteiger partial charge in [0.25, 0.3) is 5.91 Å². The number of amides is 3. The van der Waals surface area contributed by atoms with E-state index in [9.17, 15) is 45.1 Å². The molecule has 0 saturated carbocycles. The third kappa shape index (κ3) is 8.94. The number of aryl methyl sites for hydroxylation is 1. The SMILES string of the molecule is CSCN1C(=O)[C@@H](NC(=O)[C@H](CCC(F)(F)F)[C@H](CCC(F)(F)F)C(N)=O)N=C(c2cccc(F)c2)c2cccc(C)c21. The largest absolute Gasteiger partial charge is 0.389 e. The van der Waals surface area contributed by atoms with E-state index in [0.29, 0.717) is 16.8 Å². The number of benzodiazepines with no additional fused rings is 1. The van der Waals surface area contributed by atoms with Gasteiger partial charge in [-0.1, -0.05) is 30.3 Å². The van der Waals surface area contributed by atoms with E-state index in [-0.39, 0.29) is 17.2 Å². The second-order valence-electron chi connectivity index (χ2n) is 9.98. The Bertz CT molecular complexity index is 1380. The van der Waals surface area contributed by atoms with Crippen molar-refractivity contribution in [1.29, 1.82) is 0 Å². The van der Waals surface area contributed by atoms with Gasteiger partial charge in [0.15, 0.2) is 0 Å². The summed E-state index contributed by atoms with van der Waals surface area (Å²) in [6.07, 6.45) is -14.9. The Morgan fingerprint density at radius 2 is 1.63 bits per heavy atom. The number of nitrogens with zero attached hydrogens (tertiary/aromatic N) is 2. The summed E-state index contributed by atoms with van der Waals surface area (Å²) in [5, 5.41) is 2.26. The molecule has 0 aliphatic carbocycles. The van der Waals surface area contributed by atoms with Crippen molar-refractivity contribution in [3.63, 3.8) is 0 Å². The number of nitrogens with two attached hydrogens (primary N) is 1. The Hall–Kier alpha value is -3.62. The average Bonchev–Trinajstić information content (AvgIpc) is 3.00. The molecule has 0 unspecified atom stereocenters. The summed E-state index contributed by atoms with van der Waals surface area (Å²) < 4.78 is 92.6. The number of fused-ring (bicyclic) bond motifs is 1. The molecule has 7 nitrogen and oxygen atoms in total. The number of primary amides is 1. The Balaban J connectivity index is 2.12. The van der Waals surface area contributed by atoms with Crippen molar-refractivity contribution in [3.05, 3.63) is 65.0 Å². The maximum absolute atomic E-state index is 14.2. The van der Waals surface area contributed by atoms with Crippen LogP contribution in [-0.2, 0) is 14.4 Å². The molecular formula is C28H29F7N4O3S. The number of thioether (sulfide) groups is 1. The number of carbonyl (C=O) groups excluding carboxylic acids is 3. The van der Waals surface area contributed by atoms with Gasteiger partial charge in [0.05, 0.1) is 17.3 Å². The van der Waals surface area contributed by atoms with E-state index in [1.54, 1.807) is 31.4 Å². The topological polar surface area (TPSA) is 105 Å². The highest BCUT2D eigenvalue weighted by molar-refractivity contribution is 7.98. The highest BCUT2D eigenvalue weighted by Gasteiger charge is 2.41. The van der Waals surface area contributed by atoms with Gasteiger partial charge in [-0.3, -0.25) is 19.3 Å². The number of para-hydroxylation sites is 1. The van der Waals surface area contributed by atoms with Gasteiger partial charge in [-0.15, -0.1) is 11.8 Å². The lowest BCUT2D eigenvalue weighted by atomic mass is 9.83. The molecule has 0 spiro atoms. The molecule has 1 aliphatic heterocycles. The first-order chi connectivity index (χ1) is 20.0. The van der Waals surface area contributed by atoms with Gasteiger partial charge >= 0.3 is 12.4 Å². The van der Waals surface area contributed by atoms with Crippen molar-refractivity contribution in [1.82, 2.24) is 5.32 Å². The molecule has 0 radical (unpaired) electrons. The Kier molecular flexibility index (Phi) is 10.9. The summed E-state index contributed by atoms with van der Waals surface area (Å²) in [5.74, 6) is -7.95. The zero-order valence-corrected chi connectivity index (χ0v) is 23.9. The van der Waals surface area contributed by atoms with E-state index in [1.165, 1.54) is 34.9 Å². The molecule has 234 valence electrons. The lowest BCUT2D eigenvalue weighted by Crippen LogP contribution is -2.51. The van der Waals surface area contributed by atoms with Crippen molar-refractivity contribution in [2.45, 2.75) is 51.1 Å². The van der Waals surface area contributed by atoms with Crippen molar-refractivity contribution in [2.24, 2.45) is 22.6 Å². The van der Waals surface area contributed by atoms with Crippen molar-refractivity contribution in [2.75, 3.05) is 17.0 Å². The maximum Gasteiger partial charge on any atom is 0.389 e. The van der Waals surface area contributed by atoms with Crippen LogP contribution in [0.1, 0.15) is 42.4 Å². The van der Waals surface area contributed by atoms with Gasteiger partial charge in [-0.2, -0.15) is 26.3 Å². The number of halogens is 7. The fraction of sp³-hybridized carbons (Fsp3) is 0.429. The first-order valence-corrected chi connectivity index (χ1v) is 14.4. The van der Waals surface area contributed by atoms with Crippen molar-refractivity contribution in [3.8, 4) is 0 Å². The molecule has 1 heterocycles. The molecule has 0 saturated heterocycles. The van der Waals surface area contributed by atoms with Gasteiger partial charge in [-0.05, 0) is 43.7 Å². The van der Waals surface area contributed by atoms with E-state index in [2.05, 4.69) is 10.3 Å². The Morgan fingerprint density at radius 3 is 2.19 bits per heavy atom. The van der Waals surface area contributed by atoms with Crippen LogP contribution in [0.2, 0.25) is 0 Å². The van der Waals surface area contributed by atoms with Gasteiger partial charge in [-0.25, -0.2) is 9.38 Å². The third-order valence-corrected chi connectivity index (χ3v) is 7.34. The van der Waals surface area contributed by atoms with E-state index in [4.69, 9.17) is 5.73 Å². The number of nitrogens with one attached hydrogen (secondary N) is 1. The zero-order valence-electron chi connectivity index (χ0n) is 23.1. The number of hydrogen-bond donors (Lipinski definition) is 2. The minimum Gasteiger partial charge on any atom is -0.369 e. The molecule has 2 aromatic rings. The molecule has 3 atom stereocenters. The van der Waals surface area contributed by atoms with Crippen LogP contribution < -0.4 is 16.0 Å². The molecular weight excluding hydrogens is 605 g/mol. The molecule has 0 bridgehead atoms. The van der Waals surface area contributed by atoms with Crippen LogP contribution in [0.3, 0.4) is 0 Å². The lowest BCUT2D eigenvalue weighted by molar-refractivity contribution is -0.152. The zero-order chi connectivity index (χ0) is 32.1. The molecule has 1 aliphatic rings. The van der Waals surface area contributed by atoms with E-state index in [0.717, 1.165) is 6.07 Å². The standard InChI is InChI=1S/C28H29F7N4O3S/c1-15-5-3-8-20-21(16-6-4-7-17(29)13-16)37-24(26(42)39(14-43-2)22(15)20)38-25(41)19(10-12-28(33,34)35)18(23(36)40)9-11-27(30,31)32/h3-8,13,18-19,24H,9-12,14H2,1-2H3,(H2,36,40)(H,38,41)/t18-,19+,24+/m0/s1. The number of alkyl halides is 6. The van der Waals surface area contributed by atoms with Crippen LogP contribution in [0.25, 0.3) is 0 Å². The quantitative estimate of drug-likeness (QED) is 0.320. The van der Waals surface area contributed by atoms with Crippen LogP contribution in [-0.4, -0.2) is 54.1 Å². The van der Waals surface area contributed by atoms with Crippen LogP contribution in [0.15, 0.2) is 47.5 Å². The number of carbonyl (C=O) groups is 3. The minimum atomic E-state index is -4.81. The van der Waals surface area contributed by atoms with Crippen LogP contribution in [0, 0.1) is 24.6 Å². The summed E-state index contributed by atoms with van der Waals surface area (Å²) in [6, 6.07) is 10.2. The van der Waals surface area contributed by atoms with Gasteiger partial charge in [0.1, 0.15) is 5.82 Å². The van der Waals surface area contributed by atoms with E-state index in [1.807, 2.05) is 0 Å². The first kappa shape index (κ1) is 33.9. The van der Waals surface area contributed by atoms with Gasteiger partial charge in [0.2, 0.25) is 18.0 Å². The average molecular weight is 635 g/mol. The summed E-state index contributed by atoms with van der Waals surface area (Å²) >= 11 is 1.24. The second kappa shape index (κ2) is 13.8. The highest BCUT2D eigenvalue weighted by Crippen LogP contribution is 2.35. The molecule has 3 N–H and O–H groups in total. The first-order valence-electron chi connectivity index (χ1n) is 13.0. The number of hydrogen-bond acceptors (Lipinski definition) is 5. The fourth-order valence-electron chi connectivity index (χ4n) is 4.87. The molecule has 15 heteroatoms. The minimum absolute atomic E-state index is 0.0575. The van der Waals surface area contributed by atoms with Crippen LogP contribution in [0.5, 0.6) is 0 Å². The van der Waals surface area contributed by atoms with E-state index >= 15 is 0 Å². The van der Waals surface area contributed by atoms with Crippen molar-refractivity contribution < 1.29 is 45.1 Å². The third-order valence-electron chi connectivity index (χ3n) is 6.82. The number of anilines is 1. The molecule has 2 aromatic carbocycles. The fourth-order valence-corrected chi connectivity index (χ4v) is 5.39. The number of aliphatic imine (C=N–C) groups is 1. The Morgan fingerprint density at radius 1 is 1.02 bits per heavy atom. The predicted molar refractivity (Wildman–Crippen MR) is 148 cm³/mol. The van der Waals surface area contributed by atoms with Gasteiger partial charge < -0.3 is 11.1 Å². The molecule has 43 heavy (non-hydrogen) atoms. The summed E-state index contributed by atoms with van der Waals surface area (Å²) in [7, 11) is 0. The molecule has 3 rings (SSSR count). The van der Waals surface area contributed by atoms with Crippen molar-refractivity contribution >= 4 is 40.9 Å².